The van der Waals surface area contributed by atoms with Crippen LogP contribution in [0.5, 0.6) is 0 Å². The van der Waals surface area contributed by atoms with Crippen LogP contribution in [0.2, 0.25) is 0 Å². The molecule has 0 aromatic rings. The van der Waals surface area contributed by atoms with Crippen molar-refractivity contribution in [3.05, 3.63) is 0 Å². The minimum atomic E-state index is -4.96. The first-order valence-electron chi connectivity index (χ1n) is 40.8. The smallest absolute Gasteiger partial charge is 0.462 e. The van der Waals surface area contributed by atoms with Gasteiger partial charge in [-0.05, 0) is 49.4 Å². The van der Waals surface area contributed by atoms with Crippen LogP contribution in [0.15, 0.2) is 0 Å². The van der Waals surface area contributed by atoms with Crippen molar-refractivity contribution in [1.82, 2.24) is 0 Å². The number of unbranched alkanes of at least 4 members (excludes halogenated alkanes) is 39. The topological polar surface area (TPSA) is 237 Å². The van der Waals surface area contributed by atoms with Gasteiger partial charge < -0.3 is 33.8 Å². The Labute approximate surface area is 600 Å². The molecule has 0 heterocycles. The molecule has 582 valence electrons. The number of esters is 4. The molecule has 0 aliphatic rings. The fraction of sp³-hybridized carbons (Fsp3) is 0.949. The molecule has 5 unspecified atom stereocenters. The van der Waals surface area contributed by atoms with Crippen LogP contribution in [0.3, 0.4) is 0 Å². The number of hydrogen-bond donors (Lipinski definition) is 3. The minimum absolute atomic E-state index is 0.105. The summed E-state index contributed by atoms with van der Waals surface area (Å²) in [6.07, 6.45) is 54.2. The van der Waals surface area contributed by atoms with Crippen LogP contribution >= 0.6 is 15.6 Å². The average Bonchev–Trinajstić information content (AvgIpc) is 1.01. The van der Waals surface area contributed by atoms with Gasteiger partial charge in [-0.25, -0.2) is 9.13 Å². The van der Waals surface area contributed by atoms with E-state index in [1.807, 2.05) is 0 Å². The standard InChI is InChI=1S/C79H154O17P2/c1-9-70(6)56-48-40-32-26-22-18-16-14-12-13-15-17-19-23-27-34-43-51-59-76(81)89-65-74(96-79(84)62-54-46-36-30-29-33-41-49-57-71(7)10-2)67-93-97(85,86)91-63-73(80)64-92-98(87,88)94-68-75(66-90-77(82)60-52-44-38-37-42-50-58-72(8)11-3)95-78(83)61-53-45-35-28-24-20-21-25-31-39-47-55-69(4)5/h69-75,80H,9-68H2,1-8H3,(H,85,86)(H,87,88)/t70?,71?,72?,73-,74-,75-/m1/s1. The van der Waals surface area contributed by atoms with Gasteiger partial charge in [0.1, 0.15) is 19.3 Å². The Hall–Kier alpha value is -1.94. The third-order valence-corrected chi connectivity index (χ3v) is 21.3. The lowest BCUT2D eigenvalue weighted by Crippen LogP contribution is -2.30. The molecule has 0 aromatic carbocycles. The van der Waals surface area contributed by atoms with Gasteiger partial charge in [0.25, 0.3) is 0 Å². The monoisotopic (exact) mass is 1440 g/mol. The molecule has 0 fully saturated rings. The van der Waals surface area contributed by atoms with E-state index in [2.05, 4.69) is 55.4 Å². The van der Waals surface area contributed by atoms with Gasteiger partial charge in [0.05, 0.1) is 26.4 Å². The molecule has 0 rings (SSSR count). The van der Waals surface area contributed by atoms with E-state index in [9.17, 15) is 43.2 Å². The molecule has 98 heavy (non-hydrogen) atoms. The lowest BCUT2D eigenvalue weighted by Gasteiger charge is -2.21. The molecule has 3 N–H and O–H groups in total. The Bertz CT molecular complexity index is 1930. The Morgan fingerprint density at radius 2 is 0.490 bits per heavy atom. The van der Waals surface area contributed by atoms with E-state index in [4.69, 9.17) is 37.0 Å². The van der Waals surface area contributed by atoms with Crippen LogP contribution in [0, 0.1) is 23.7 Å². The van der Waals surface area contributed by atoms with Crippen molar-refractivity contribution in [3.8, 4) is 0 Å². The van der Waals surface area contributed by atoms with Gasteiger partial charge in [0.2, 0.25) is 0 Å². The summed E-state index contributed by atoms with van der Waals surface area (Å²) in [7, 11) is -9.92. The van der Waals surface area contributed by atoms with E-state index < -0.39 is 97.5 Å². The lowest BCUT2D eigenvalue weighted by atomic mass is 9.99. The SMILES string of the molecule is CCC(C)CCCCCCCCCCCCCCCCCCCCC(=O)OC[C@H](COP(=O)(O)OC[C@@H](O)COP(=O)(O)OC[C@@H](COC(=O)CCCCCCCCC(C)CC)OC(=O)CCCCCCCCCCCCCC(C)C)OC(=O)CCCCCCCCCCC(C)CC. The van der Waals surface area contributed by atoms with E-state index in [0.29, 0.717) is 25.7 Å². The summed E-state index contributed by atoms with van der Waals surface area (Å²) in [5.41, 5.74) is 0. The predicted molar refractivity (Wildman–Crippen MR) is 400 cm³/mol. The molecular weight excluding hydrogens is 1280 g/mol. The Morgan fingerprint density at radius 3 is 0.724 bits per heavy atom. The minimum Gasteiger partial charge on any atom is -0.462 e. The summed E-state index contributed by atoms with van der Waals surface area (Å²) in [5.74, 6) is 1.02. The average molecular weight is 1440 g/mol. The molecule has 8 atom stereocenters. The maximum Gasteiger partial charge on any atom is 0.472 e. The number of phosphoric ester groups is 2. The number of carbonyl (C=O) groups excluding carboxylic acids is 4. The molecule has 0 aliphatic carbocycles. The van der Waals surface area contributed by atoms with Crippen molar-refractivity contribution in [2.45, 2.75) is 420 Å². The second-order valence-electron chi connectivity index (χ2n) is 29.7. The largest absolute Gasteiger partial charge is 0.472 e. The highest BCUT2D eigenvalue weighted by molar-refractivity contribution is 7.47. The summed E-state index contributed by atoms with van der Waals surface area (Å²) in [6.45, 7) is 14.2. The van der Waals surface area contributed by atoms with Gasteiger partial charge in [0.15, 0.2) is 12.2 Å². The maximum atomic E-state index is 13.1. The van der Waals surface area contributed by atoms with Crippen LogP contribution in [0.25, 0.3) is 0 Å². The molecule has 17 nitrogen and oxygen atoms in total. The first-order chi connectivity index (χ1) is 47.2. The van der Waals surface area contributed by atoms with Crippen molar-refractivity contribution < 1.29 is 80.2 Å². The summed E-state index contributed by atoms with van der Waals surface area (Å²) < 4.78 is 68.6. The van der Waals surface area contributed by atoms with Crippen LogP contribution in [-0.2, 0) is 65.4 Å². The predicted octanol–water partition coefficient (Wildman–Crippen LogP) is 23.2. The number of aliphatic hydroxyl groups excluding tert-OH is 1. The first-order valence-corrected chi connectivity index (χ1v) is 43.8. The van der Waals surface area contributed by atoms with Crippen molar-refractivity contribution in [2.24, 2.45) is 23.7 Å². The number of phosphoric acid groups is 2. The van der Waals surface area contributed by atoms with E-state index in [1.165, 1.54) is 199 Å². The molecule has 0 saturated carbocycles. The van der Waals surface area contributed by atoms with Crippen molar-refractivity contribution in [2.75, 3.05) is 39.6 Å². The van der Waals surface area contributed by atoms with E-state index in [1.54, 1.807) is 0 Å². The van der Waals surface area contributed by atoms with E-state index in [0.717, 1.165) is 120 Å². The second-order valence-corrected chi connectivity index (χ2v) is 32.6. The van der Waals surface area contributed by atoms with Gasteiger partial charge in [-0.1, -0.05) is 351 Å². The summed E-state index contributed by atoms with van der Waals surface area (Å²) in [5, 5.41) is 10.6. The van der Waals surface area contributed by atoms with Crippen LogP contribution in [-0.4, -0.2) is 96.7 Å². The zero-order valence-corrected chi connectivity index (χ0v) is 66.2. The molecule has 19 heteroatoms. The second kappa shape index (κ2) is 68.2. The Balaban J connectivity index is 5.18. The zero-order chi connectivity index (χ0) is 72.4. The van der Waals surface area contributed by atoms with E-state index >= 15 is 0 Å². The highest BCUT2D eigenvalue weighted by Gasteiger charge is 2.30. The van der Waals surface area contributed by atoms with Crippen LogP contribution < -0.4 is 0 Å². The third-order valence-electron chi connectivity index (χ3n) is 19.4. The Morgan fingerprint density at radius 1 is 0.286 bits per heavy atom. The summed E-state index contributed by atoms with van der Waals surface area (Å²) in [6, 6.07) is 0. The van der Waals surface area contributed by atoms with Gasteiger partial charge in [-0.2, -0.15) is 0 Å². The quantitative estimate of drug-likeness (QED) is 0.0222. The number of rotatable bonds is 76. The number of aliphatic hydroxyl groups is 1. The normalized spacial score (nSPS) is 14.9. The summed E-state index contributed by atoms with van der Waals surface area (Å²) in [4.78, 5) is 72.9. The van der Waals surface area contributed by atoms with Crippen LogP contribution in [0.1, 0.15) is 402 Å². The van der Waals surface area contributed by atoms with Crippen molar-refractivity contribution in [1.29, 1.82) is 0 Å². The van der Waals surface area contributed by atoms with Gasteiger partial charge in [0, 0.05) is 25.7 Å². The van der Waals surface area contributed by atoms with Crippen molar-refractivity contribution in [3.63, 3.8) is 0 Å². The fourth-order valence-electron chi connectivity index (χ4n) is 12.0. The van der Waals surface area contributed by atoms with E-state index in [-0.39, 0.29) is 25.7 Å². The summed E-state index contributed by atoms with van der Waals surface area (Å²) >= 11 is 0. The molecule has 0 bridgehead atoms. The molecule has 0 aromatic heterocycles. The first kappa shape index (κ1) is 96.1. The van der Waals surface area contributed by atoms with Gasteiger partial charge >= 0.3 is 39.5 Å². The third kappa shape index (κ3) is 68.5. The van der Waals surface area contributed by atoms with Gasteiger partial charge in [-0.3, -0.25) is 37.3 Å². The number of carbonyl (C=O) groups is 4. The van der Waals surface area contributed by atoms with Gasteiger partial charge in [-0.15, -0.1) is 0 Å². The van der Waals surface area contributed by atoms with Crippen LogP contribution in [0.4, 0.5) is 0 Å². The maximum absolute atomic E-state index is 13.1. The molecule has 0 saturated heterocycles. The number of ether oxygens (including phenoxy) is 4. The molecule has 0 aliphatic heterocycles. The highest BCUT2D eigenvalue weighted by atomic mass is 31.2. The highest BCUT2D eigenvalue weighted by Crippen LogP contribution is 2.45. The van der Waals surface area contributed by atoms with Crippen molar-refractivity contribution >= 4 is 39.5 Å². The Kier molecular flexibility index (Phi) is 66.8. The molecule has 0 spiro atoms. The molecule has 0 amide bonds. The zero-order valence-electron chi connectivity index (χ0n) is 64.4. The molecule has 0 radical (unpaired) electrons. The molecular formula is C79H154O17P2. The fourth-order valence-corrected chi connectivity index (χ4v) is 13.6. The number of hydrogen-bond acceptors (Lipinski definition) is 15. The lowest BCUT2D eigenvalue weighted by molar-refractivity contribution is -0.161.